The lowest BCUT2D eigenvalue weighted by Gasteiger charge is -2.10. The molecule has 1 heterocycles. The first-order chi connectivity index (χ1) is 12.4. The predicted molar refractivity (Wildman–Crippen MR) is 95.8 cm³/mol. The van der Waals surface area contributed by atoms with Crippen LogP contribution in [0, 0.1) is 18.6 Å². The molecule has 8 heteroatoms. The van der Waals surface area contributed by atoms with Crippen molar-refractivity contribution in [3.63, 3.8) is 0 Å². The largest absolute Gasteiger partial charge is 0.340 e. The Balaban J connectivity index is 1.81. The Morgan fingerprint density at radius 3 is 2.38 bits per heavy atom. The summed E-state index contributed by atoms with van der Waals surface area (Å²) in [5, 5.41) is 5.54. The van der Waals surface area contributed by atoms with Gasteiger partial charge in [0.15, 0.2) is 0 Å². The maximum absolute atomic E-state index is 13.2. The van der Waals surface area contributed by atoms with E-state index in [2.05, 4.69) is 20.6 Å². The van der Waals surface area contributed by atoms with E-state index in [9.17, 15) is 13.6 Å². The van der Waals surface area contributed by atoms with E-state index < -0.39 is 17.5 Å². The van der Waals surface area contributed by atoms with Crippen LogP contribution < -0.4 is 10.6 Å². The summed E-state index contributed by atoms with van der Waals surface area (Å²) < 4.78 is 26.2. The Labute approximate surface area is 153 Å². The second-order valence-corrected chi connectivity index (χ2v) is 5.81. The molecule has 0 bridgehead atoms. The number of carbonyl (C=O) groups excluding carboxylic acids is 1. The van der Waals surface area contributed by atoms with E-state index in [-0.39, 0.29) is 10.7 Å². The van der Waals surface area contributed by atoms with Crippen molar-refractivity contribution in [1.29, 1.82) is 0 Å². The van der Waals surface area contributed by atoms with Gasteiger partial charge in [-0.15, -0.1) is 0 Å². The van der Waals surface area contributed by atoms with Crippen molar-refractivity contribution in [1.82, 2.24) is 9.97 Å². The van der Waals surface area contributed by atoms with Gasteiger partial charge in [0.1, 0.15) is 29.0 Å². The van der Waals surface area contributed by atoms with E-state index in [0.717, 1.165) is 0 Å². The molecule has 0 aliphatic rings. The quantitative estimate of drug-likeness (QED) is 0.694. The minimum atomic E-state index is -0.532. The topological polar surface area (TPSA) is 66.9 Å². The van der Waals surface area contributed by atoms with Crippen molar-refractivity contribution in [2.75, 3.05) is 10.6 Å². The van der Waals surface area contributed by atoms with Crippen LogP contribution in [-0.2, 0) is 0 Å². The monoisotopic (exact) mass is 374 g/mol. The second-order valence-electron chi connectivity index (χ2n) is 5.40. The van der Waals surface area contributed by atoms with Gasteiger partial charge in [-0.25, -0.2) is 18.7 Å². The molecule has 0 spiro atoms. The lowest BCUT2D eigenvalue weighted by Crippen LogP contribution is -2.15. The summed E-state index contributed by atoms with van der Waals surface area (Å²) in [5.74, 6) is -0.681. The molecule has 0 atom stereocenters. The highest BCUT2D eigenvalue weighted by atomic mass is 35.5. The van der Waals surface area contributed by atoms with Gasteiger partial charge in [0.25, 0.3) is 5.91 Å². The fourth-order valence-corrected chi connectivity index (χ4v) is 2.38. The lowest BCUT2D eigenvalue weighted by molar-refractivity contribution is 0.102. The molecule has 132 valence electrons. The van der Waals surface area contributed by atoms with E-state index in [0.29, 0.717) is 23.0 Å². The van der Waals surface area contributed by atoms with Crippen LogP contribution in [0.3, 0.4) is 0 Å². The molecule has 0 fully saturated rings. The van der Waals surface area contributed by atoms with Gasteiger partial charge in [-0.1, -0.05) is 11.6 Å². The van der Waals surface area contributed by atoms with Crippen molar-refractivity contribution in [3.05, 3.63) is 76.7 Å². The van der Waals surface area contributed by atoms with Crippen molar-refractivity contribution in [3.8, 4) is 0 Å². The Bertz CT molecular complexity index is 964. The van der Waals surface area contributed by atoms with E-state index in [4.69, 9.17) is 11.6 Å². The van der Waals surface area contributed by atoms with Gasteiger partial charge in [0, 0.05) is 17.4 Å². The van der Waals surface area contributed by atoms with Gasteiger partial charge < -0.3 is 10.6 Å². The third-order valence-electron chi connectivity index (χ3n) is 3.36. The minimum absolute atomic E-state index is 0.0324. The number of hydrogen-bond acceptors (Lipinski definition) is 4. The molecule has 5 nitrogen and oxygen atoms in total. The predicted octanol–water partition coefficient (Wildman–Crippen LogP) is 4.71. The van der Waals surface area contributed by atoms with Crippen LogP contribution in [0.2, 0.25) is 5.02 Å². The number of nitrogens with one attached hydrogen (secondary N) is 2. The fourth-order valence-electron chi connectivity index (χ4n) is 2.20. The van der Waals surface area contributed by atoms with Gasteiger partial charge in [-0.3, -0.25) is 4.79 Å². The Hall–Kier alpha value is -3.06. The molecule has 3 rings (SSSR count). The normalized spacial score (nSPS) is 10.5. The minimum Gasteiger partial charge on any atom is -0.340 e. The van der Waals surface area contributed by atoms with Gasteiger partial charge in [0.05, 0.1) is 5.02 Å². The Kier molecular flexibility index (Phi) is 5.09. The molecule has 0 unspecified atom stereocenters. The van der Waals surface area contributed by atoms with Crippen LogP contribution in [0.15, 0.2) is 48.5 Å². The first-order valence-corrected chi connectivity index (χ1v) is 7.93. The van der Waals surface area contributed by atoms with Crippen LogP contribution in [0.5, 0.6) is 0 Å². The zero-order valence-electron chi connectivity index (χ0n) is 13.6. The van der Waals surface area contributed by atoms with E-state index in [1.807, 2.05) is 0 Å². The third-order valence-corrected chi connectivity index (χ3v) is 3.65. The van der Waals surface area contributed by atoms with Gasteiger partial charge in [-0.2, -0.15) is 0 Å². The SMILES string of the molecule is Cc1nc(Nc2ccc(F)c(Cl)c2)cc(C(=O)Nc2ccc(F)cc2)n1. The van der Waals surface area contributed by atoms with Crippen molar-refractivity contribution in [2.24, 2.45) is 0 Å². The second kappa shape index (κ2) is 7.45. The number of benzene rings is 2. The molecular formula is C18H13ClF2N4O. The maximum atomic E-state index is 13.2. The molecule has 0 aliphatic carbocycles. The van der Waals surface area contributed by atoms with Crippen LogP contribution >= 0.6 is 11.6 Å². The summed E-state index contributed by atoms with van der Waals surface area (Å²) in [4.78, 5) is 20.7. The van der Waals surface area contributed by atoms with Crippen molar-refractivity contribution in [2.45, 2.75) is 6.92 Å². The highest BCUT2D eigenvalue weighted by Gasteiger charge is 2.12. The molecule has 0 aliphatic heterocycles. The molecule has 0 radical (unpaired) electrons. The number of anilines is 3. The summed E-state index contributed by atoms with van der Waals surface area (Å²) in [7, 11) is 0. The third kappa shape index (κ3) is 4.31. The van der Waals surface area contributed by atoms with Gasteiger partial charge >= 0.3 is 0 Å². The zero-order chi connectivity index (χ0) is 18.7. The van der Waals surface area contributed by atoms with Crippen LogP contribution in [0.4, 0.5) is 26.0 Å². The van der Waals surface area contributed by atoms with E-state index >= 15 is 0 Å². The van der Waals surface area contributed by atoms with Gasteiger partial charge in [-0.05, 0) is 49.4 Å². The maximum Gasteiger partial charge on any atom is 0.274 e. The number of halogens is 3. The first-order valence-electron chi connectivity index (χ1n) is 7.55. The molecule has 1 aromatic heterocycles. The summed E-state index contributed by atoms with van der Waals surface area (Å²) >= 11 is 5.76. The molecule has 0 saturated heterocycles. The number of hydrogen-bond donors (Lipinski definition) is 2. The summed E-state index contributed by atoms with van der Waals surface area (Å²) in [6, 6.07) is 11.0. The zero-order valence-corrected chi connectivity index (χ0v) is 14.3. The standard InChI is InChI=1S/C18H13ClF2N4O/c1-10-22-16(18(26)25-12-4-2-11(20)3-5-12)9-17(23-10)24-13-6-7-15(21)14(19)8-13/h2-9H,1H3,(H,25,26)(H,22,23,24). The number of rotatable bonds is 4. The first kappa shape index (κ1) is 17.8. The van der Waals surface area contributed by atoms with Crippen molar-refractivity contribution >= 4 is 34.7 Å². The molecule has 1 amide bonds. The summed E-state index contributed by atoms with van der Waals surface area (Å²) in [5.41, 5.74) is 1.07. The van der Waals surface area contributed by atoms with E-state index in [1.54, 1.807) is 6.92 Å². The molecule has 3 aromatic rings. The fraction of sp³-hybridized carbons (Fsp3) is 0.0556. The summed E-state index contributed by atoms with van der Waals surface area (Å²) in [6.45, 7) is 1.64. The number of nitrogens with zero attached hydrogens (tertiary/aromatic N) is 2. The smallest absolute Gasteiger partial charge is 0.274 e. The Morgan fingerprint density at radius 1 is 1.00 bits per heavy atom. The molecule has 0 saturated carbocycles. The van der Waals surface area contributed by atoms with Crippen LogP contribution in [0.25, 0.3) is 0 Å². The molecular weight excluding hydrogens is 362 g/mol. The lowest BCUT2D eigenvalue weighted by atomic mass is 10.2. The average molecular weight is 375 g/mol. The van der Waals surface area contributed by atoms with E-state index in [1.165, 1.54) is 48.5 Å². The number of aryl methyl sites for hydroxylation is 1. The molecule has 2 aromatic carbocycles. The van der Waals surface area contributed by atoms with Crippen molar-refractivity contribution < 1.29 is 13.6 Å². The Morgan fingerprint density at radius 2 is 1.69 bits per heavy atom. The average Bonchev–Trinajstić information content (AvgIpc) is 2.59. The number of carbonyl (C=O) groups is 1. The van der Waals surface area contributed by atoms with Crippen LogP contribution in [0.1, 0.15) is 16.3 Å². The summed E-state index contributed by atoms with van der Waals surface area (Å²) in [6.07, 6.45) is 0. The number of amides is 1. The highest BCUT2D eigenvalue weighted by molar-refractivity contribution is 6.31. The highest BCUT2D eigenvalue weighted by Crippen LogP contribution is 2.22. The van der Waals surface area contributed by atoms with Crippen LogP contribution in [-0.4, -0.2) is 15.9 Å². The van der Waals surface area contributed by atoms with Gasteiger partial charge in [0.2, 0.25) is 0 Å². The molecule has 26 heavy (non-hydrogen) atoms. The number of aromatic nitrogens is 2. The molecule has 2 N–H and O–H groups in total.